The fraction of sp³-hybridized carbons (Fsp3) is 0.650. The molecule has 3 nitrogen and oxygen atoms in total. The SMILES string of the molecule is CC(=O)[N+](C)(c1ccc(C)cc1)C1CCCC2CCCN(C)C21. The Morgan fingerprint density at radius 2 is 1.78 bits per heavy atom. The van der Waals surface area contributed by atoms with Crippen LogP contribution >= 0.6 is 0 Å². The number of rotatable bonds is 2. The Labute approximate surface area is 140 Å². The first-order valence-electron chi connectivity index (χ1n) is 9.09. The lowest BCUT2D eigenvalue weighted by molar-refractivity contribution is -0.132. The number of carbonyl (C=O) groups is 1. The second-order valence-corrected chi connectivity index (χ2v) is 7.80. The molecule has 1 aliphatic heterocycles. The van der Waals surface area contributed by atoms with Crippen molar-refractivity contribution in [3.63, 3.8) is 0 Å². The Bertz CT molecular complexity index is 566. The van der Waals surface area contributed by atoms with Crippen LogP contribution in [-0.2, 0) is 4.79 Å². The maximum absolute atomic E-state index is 12.8. The molecule has 1 heterocycles. The highest BCUT2D eigenvalue weighted by Crippen LogP contribution is 2.41. The third-order valence-electron chi connectivity index (χ3n) is 6.43. The summed E-state index contributed by atoms with van der Waals surface area (Å²) in [6.45, 7) is 5.04. The monoisotopic (exact) mass is 315 g/mol. The van der Waals surface area contributed by atoms with Gasteiger partial charge in [-0.25, -0.2) is 9.28 Å². The summed E-state index contributed by atoms with van der Waals surface area (Å²) in [4.78, 5) is 15.3. The van der Waals surface area contributed by atoms with Gasteiger partial charge < -0.3 is 0 Å². The zero-order valence-electron chi connectivity index (χ0n) is 15.1. The van der Waals surface area contributed by atoms with Gasteiger partial charge in [0.15, 0.2) is 0 Å². The van der Waals surface area contributed by atoms with Crippen LogP contribution in [0.1, 0.15) is 44.6 Å². The van der Waals surface area contributed by atoms with Gasteiger partial charge in [-0.3, -0.25) is 4.90 Å². The van der Waals surface area contributed by atoms with Crippen molar-refractivity contribution >= 4 is 11.6 Å². The molecule has 0 radical (unpaired) electrons. The Balaban J connectivity index is 2.02. The molecule has 4 atom stereocenters. The lowest BCUT2D eigenvalue weighted by Crippen LogP contribution is -2.67. The molecule has 1 saturated heterocycles. The van der Waals surface area contributed by atoms with Gasteiger partial charge in [0.2, 0.25) is 0 Å². The van der Waals surface area contributed by atoms with E-state index in [-0.39, 0.29) is 5.91 Å². The van der Waals surface area contributed by atoms with E-state index in [9.17, 15) is 4.79 Å². The van der Waals surface area contributed by atoms with Crippen LogP contribution in [0.25, 0.3) is 0 Å². The summed E-state index contributed by atoms with van der Waals surface area (Å²) in [6.07, 6.45) is 6.37. The van der Waals surface area contributed by atoms with Crippen LogP contribution in [0.2, 0.25) is 0 Å². The molecule has 1 saturated carbocycles. The number of nitrogens with zero attached hydrogens (tertiary/aromatic N) is 2. The highest BCUT2D eigenvalue weighted by Gasteiger charge is 2.50. The quantitative estimate of drug-likeness (QED) is 0.775. The van der Waals surface area contributed by atoms with E-state index in [0.717, 1.165) is 18.0 Å². The third kappa shape index (κ3) is 2.85. The minimum absolute atomic E-state index is 0.262. The largest absolute Gasteiger partial charge is 0.315 e. The lowest BCUT2D eigenvalue weighted by atomic mass is 9.74. The van der Waals surface area contributed by atoms with Crippen LogP contribution < -0.4 is 4.48 Å². The predicted molar refractivity (Wildman–Crippen MR) is 96.4 cm³/mol. The van der Waals surface area contributed by atoms with E-state index in [1.54, 1.807) is 6.92 Å². The van der Waals surface area contributed by atoms with E-state index in [4.69, 9.17) is 0 Å². The van der Waals surface area contributed by atoms with Crippen LogP contribution in [0.4, 0.5) is 5.69 Å². The number of carbonyl (C=O) groups excluding carboxylic acids is 1. The van der Waals surface area contributed by atoms with Crippen molar-refractivity contribution in [3.8, 4) is 0 Å². The van der Waals surface area contributed by atoms with E-state index < -0.39 is 0 Å². The number of likely N-dealkylation sites (tertiary alicyclic amines) is 1. The number of quaternary nitrogens is 1. The molecule has 1 aliphatic carbocycles. The molecule has 2 aliphatic rings. The number of benzene rings is 1. The van der Waals surface area contributed by atoms with E-state index in [2.05, 4.69) is 50.2 Å². The Kier molecular flexibility index (Phi) is 4.61. The smallest absolute Gasteiger partial charge is 0.298 e. The molecule has 1 amide bonds. The molecule has 0 bridgehead atoms. The summed E-state index contributed by atoms with van der Waals surface area (Å²) in [6, 6.07) is 9.50. The third-order valence-corrected chi connectivity index (χ3v) is 6.43. The molecular formula is C20H31N2O+. The molecule has 2 fully saturated rings. The predicted octanol–water partition coefficient (Wildman–Crippen LogP) is 3.74. The van der Waals surface area contributed by atoms with E-state index in [1.165, 1.54) is 37.8 Å². The number of amides is 1. The highest BCUT2D eigenvalue weighted by atomic mass is 16.2. The fourth-order valence-electron chi connectivity index (χ4n) is 4.99. The molecule has 0 aromatic heterocycles. The summed E-state index contributed by atoms with van der Waals surface area (Å²) in [5.74, 6) is 1.02. The van der Waals surface area contributed by atoms with Crippen LogP contribution in [0.5, 0.6) is 0 Å². The molecule has 0 N–H and O–H groups in total. The summed E-state index contributed by atoms with van der Waals surface area (Å²) >= 11 is 0. The van der Waals surface area contributed by atoms with Crippen molar-refractivity contribution in [1.82, 2.24) is 9.38 Å². The van der Waals surface area contributed by atoms with Gasteiger partial charge in [-0.1, -0.05) is 17.7 Å². The zero-order valence-corrected chi connectivity index (χ0v) is 15.1. The van der Waals surface area contributed by atoms with Gasteiger partial charge >= 0.3 is 5.91 Å². The number of hydrogen-bond donors (Lipinski definition) is 0. The van der Waals surface area contributed by atoms with Gasteiger partial charge in [-0.2, -0.15) is 0 Å². The number of likely N-dealkylation sites (N-methyl/N-ethyl adjacent to an activating group) is 2. The average Bonchev–Trinajstić information content (AvgIpc) is 2.54. The molecular weight excluding hydrogens is 284 g/mol. The van der Waals surface area contributed by atoms with E-state index >= 15 is 0 Å². The van der Waals surface area contributed by atoms with Gasteiger partial charge in [0.05, 0.1) is 20.0 Å². The topological polar surface area (TPSA) is 20.3 Å². The maximum Gasteiger partial charge on any atom is 0.315 e. The Hall–Kier alpha value is -1.19. The van der Waals surface area contributed by atoms with Crippen molar-refractivity contribution in [2.75, 3.05) is 20.6 Å². The molecule has 1 aromatic rings. The first-order valence-corrected chi connectivity index (χ1v) is 9.09. The summed E-state index contributed by atoms with van der Waals surface area (Å²) in [5.41, 5.74) is 2.40. The van der Waals surface area contributed by atoms with Gasteiger partial charge in [0, 0.05) is 6.42 Å². The van der Waals surface area contributed by atoms with E-state index in [1.807, 2.05) is 0 Å². The van der Waals surface area contributed by atoms with Gasteiger partial charge in [-0.05, 0) is 64.3 Å². The van der Waals surface area contributed by atoms with Gasteiger partial charge in [-0.15, -0.1) is 0 Å². The Morgan fingerprint density at radius 3 is 2.43 bits per heavy atom. The fourth-order valence-corrected chi connectivity index (χ4v) is 4.99. The highest BCUT2D eigenvalue weighted by molar-refractivity contribution is 5.86. The second-order valence-electron chi connectivity index (χ2n) is 7.80. The van der Waals surface area contributed by atoms with E-state index in [0.29, 0.717) is 16.6 Å². The van der Waals surface area contributed by atoms with Crippen molar-refractivity contribution < 1.29 is 4.79 Å². The van der Waals surface area contributed by atoms with Gasteiger partial charge in [0.1, 0.15) is 11.7 Å². The van der Waals surface area contributed by atoms with Crippen molar-refractivity contribution in [1.29, 1.82) is 0 Å². The first kappa shape index (κ1) is 16.7. The molecule has 126 valence electrons. The molecule has 1 aromatic carbocycles. The summed E-state index contributed by atoms with van der Waals surface area (Å²) in [7, 11) is 4.40. The van der Waals surface area contributed by atoms with Crippen molar-refractivity contribution in [2.45, 2.75) is 58.0 Å². The lowest BCUT2D eigenvalue weighted by Gasteiger charge is -2.51. The number of hydrogen-bond acceptors (Lipinski definition) is 2. The second kappa shape index (κ2) is 6.37. The maximum atomic E-state index is 12.8. The average molecular weight is 315 g/mol. The normalized spacial score (nSPS) is 31.2. The van der Waals surface area contributed by atoms with Crippen molar-refractivity contribution in [3.05, 3.63) is 29.8 Å². The molecule has 3 heteroatoms. The summed E-state index contributed by atoms with van der Waals surface area (Å²) in [5, 5.41) is 0. The molecule has 0 spiro atoms. The molecule has 23 heavy (non-hydrogen) atoms. The number of aryl methyl sites for hydroxylation is 1. The van der Waals surface area contributed by atoms with Crippen LogP contribution in [0.3, 0.4) is 0 Å². The molecule has 4 unspecified atom stereocenters. The Morgan fingerprint density at radius 1 is 1.13 bits per heavy atom. The summed E-state index contributed by atoms with van der Waals surface area (Å²) < 4.78 is 0.450. The van der Waals surface area contributed by atoms with Crippen molar-refractivity contribution in [2.24, 2.45) is 5.92 Å². The molecule has 3 rings (SSSR count). The minimum Gasteiger partial charge on any atom is -0.298 e. The first-order chi connectivity index (χ1) is 10.9. The standard InChI is InChI=1S/C20H31N2O/c1-15-10-12-18(13-11-15)22(4,16(2)23)19-9-5-7-17-8-6-14-21(3)20(17)19/h10-13,17,19-20H,5-9,14H2,1-4H3/q+1. The van der Waals surface area contributed by atoms with Crippen LogP contribution in [-0.4, -0.2) is 43.5 Å². The van der Waals surface area contributed by atoms with Crippen LogP contribution in [0, 0.1) is 12.8 Å². The zero-order chi connectivity index (χ0) is 16.6. The number of piperidine rings is 1. The number of fused-ring (bicyclic) bond motifs is 1. The van der Waals surface area contributed by atoms with Gasteiger partial charge in [0.25, 0.3) is 0 Å². The minimum atomic E-state index is 0.262. The van der Waals surface area contributed by atoms with Crippen LogP contribution in [0.15, 0.2) is 24.3 Å².